The SMILES string of the molecule is C=C1P=C(c2csc(C(=C)N)c2C)C=C1C(C)=O.CC.CCc1ccc(C)cc1. The molecular formula is C25H32NOPS. The maximum atomic E-state index is 11.5. The quantitative estimate of drug-likeness (QED) is 0.532. The lowest BCUT2D eigenvalue weighted by atomic mass is 10.1. The molecule has 0 saturated carbocycles. The minimum Gasteiger partial charge on any atom is -0.398 e. The first-order chi connectivity index (χ1) is 13.7. The monoisotopic (exact) mass is 425 g/mol. The number of hydrogen-bond donors (Lipinski definition) is 1. The van der Waals surface area contributed by atoms with Crippen LogP contribution in [-0.4, -0.2) is 11.1 Å². The molecule has 0 amide bonds. The standard InChI is InChI=1S/C14H14NOPS.C9H12.C2H6/c1-7-12(6-18-14(7)8(2)15)13-5-11(9(3)16)10(4)17-13;1-3-9-6-4-8(2)5-7-9;1-2/h5-6H,2,4,15H2,1,3H3;4-7H,3H2,1-2H3;1-2H3. The Labute approximate surface area is 181 Å². The topological polar surface area (TPSA) is 43.1 Å². The van der Waals surface area contributed by atoms with Gasteiger partial charge in [0.15, 0.2) is 5.78 Å². The number of carbonyl (C=O) groups is 1. The normalized spacial score (nSPS) is 12.7. The van der Waals surface area contributed by atoms with Crippen molar-refractivity contribution in [3.63, 3.8) is 0 Å². The zero-order valence-corrected chi connectivity index (χ0v) is 20.1. The van der Waals surface area contributed by atoms with Crippen molar-refractivity contribution in [3.05, 3.63) is 86.9 Å². The third kappa shape index (κ3) is 6.66. The molecule has 0 bridgehead atoms. The number of thiophene rings is 1. The molecule has 0 spiro atoms. The Kier molecular flexibility index (Phi) is 10.0. The van der Waals surface area contributed by atoms with Gasteiger partial charge in [-0.2, -0.15) is 0 Å². The van der Waals surface area contributed by atoms with Gasteiger partial charge in [0, 0.05) is 27.4 Å². The van der Waals surface area contributed by atoms with Crippen molar-refractivity contribution in [3.8, 4) is 0 Å². The fourth-order valence-electron chi connectivity index (χ4n) is 2.71. The Morgan fingerprint density at radius 3 is 2.17 bits per heavy atom. The van der Waals surface area contributed by atoms with Crippen molar-refractivity contribution in [1.29, 1.82) is 0 Å². The van der Waals surface area contributed by atoms with Crippen LogP contribution in [0.3, 0.4) is 0 Å². The maximum Gasteiger partial charge on any atom is 0.160 e. The smallest absolute Gasteiger partial charge is 0.160 e. The molecule has 0 saturated heterocycles. The second-order valence-corrected chi connectivity index (χ2v) is 8.65. The fraction of sp³-hybridized carbons (Fsp3) is 0.280. The van der Waals surface area contributed by atoms with Gasteiger partial charge in [-0.25, -0.2) is 0 Å². The number of Topliss-reactive ketones (excluding diaryl/α,β-unsaturated/α-hetero) is 1. The summed E-state index contributed by atoms with van der Waals surface area (Å²) in [4.78, 5) is 12.5. The molecule has 29 heavy (non-hydrogen) atoms. The van der Waals surface area contributed by atoms with Gasteiger partial charge in [0.2, 0.25) is 0 Å². The van der Waals surface area contributed by atoms with Crippen molar-refractivity contribution >= 4 is 36.3 Å². The first-order valence-electron chi connectivity index (χ1n) is 9.83. The fourth-order valence-corrected chi connectivity index (χ4v) is 4.95. The van der Waals surface area contributed by atoms with Crippen molar-refractivity contribution in [1.82, 2.24) is 0 Å². The van der Waals surface area contributed by atoms with Gasteiger partial charge in [0.25, 0.3) is 0 Å². The van der Waals surface area contributed by atoms with E-state index in [1.165, 1.54) is 11.1 Å². The lowest BCUT2D eigenvalue weighted by Gasteiger charge is -2.00. The molecule has 2 nitrogen and oxygen atoms in total. The summed E-state index contributed by atoms with van der Waals surface area (Å²) in [5, 5.41) is 4.06. The largest absolute Gasteiger partial charge is 0.398 e. The highest BCUT2D eigenvalue weighted by Crippen LogP contribution is 2.36. The average Bonchev–Trinajstić information content (AvgIpc) is 3.27. The predicted octanol–water partition coefficient (Wildman–Crippen LogP) is 7.08. The van der Waals surface area contributed by atoms with Crippen molar-refractivity contribution in [2.75, 3.05) is 0 Å². The minimum atomic E-state index is 0.0684. The Hall–Kier alpha value is -2.22. The zero-order valence-electron chi connectivity index (χ0n) is 18.4. The van der Waals surface area contributed by atoms with Crippen LogP contribution in [0.1, 0.15) is 54.8 Å². The van der Waals surface area contributed by atoms with Gasteiger partial charge in [0.05, 0.1) is 4.88 Å². The van der Waals surface area contributed by atoms with Crippen molar-refractivity contribution in [2.24, 2.45) is 5.73 Å². The number of aryl methyl sites for hydroxylation is 2. The zero-order chi connectivity index (χ0) is 22.1. The van der Waals surface area contributed by atoms with Crippen LogP contribution in [0.2, 0.25) is 0 Å². The molecule has 0 fully saturated rings. The molecule has 154 valence electrons. The van der Waals surface area contributed by atoms with Gasteiger partial charge in [-0.15, -0.1) is 11.3 Å². The second-order valence-electron chi connectivity index (χ2n) is 6.53. The summed E-state index contributed by atoms with van der Waals surface area (Å²) in [6, 6.07) is 8.66. The summed E-state index contributed by atoms with van der Waals surface area (Å²) < 4.78 is 0. The molecule has 1 aromatic heterocycles. The second kappa shape index (κ2) is 11.7. The number of nitrogens with two attached hydrogens (primary N) is 1. The van der Waals surface area contributed by atoms with Crippen LogP contribution in [0.5, 0.6) is 0 Å². The first kappa shape index (κ1) is 24.8. The number of ketones is 1. The number of hydrogen-bond acceptors (Lipinski definition) is 3. The van der Waals surface area contributed by atoms with Gasteiger partial charge in [0.1, 0.15) is 0 Å². The first-order valence-corrected chi connectivity index (χ1v) is 11.6. The molecule has 4 heteroatoms. The minimum absolute atomic E-state index is 0.0684. The molecule has 0 unspecified atom stereocenters. The van der Waals surface area contributed by atoms with E-state index in [4.69, 9.17) is 5.73 Å². The van der Waals surface area contributed by atoms with Crippen LogP contribution in [0.15, 0.2) is 59.8 Å². The van der Waals surface area contributed by atoms with E-state index in [-0.39, 0.29) is 5.78 Å². The van der Waals surface area contributed by atoms with E-state index >= 15 is 0 Å². The summed E-state index contributed by atoms with van der Waals surface area (Å²) >= 11 is 1.59. The third-order valence-electron chi connectivity index (χ3n) is 4.36. The molecule has 0 atom stereocenters. The average molecular weight is 426 g/mol. The van der Waals surface area contributed by atoms with E-state index in [1.807, 2.05) is 26.8 Å². The molecular weight excluding hydrogens is 393 g/mol. The number of benzene rings is 1. The summed E-state index contributed by atoms with van der Waals surface area (Å²) in [5.41, 5.74) is 12.1. The van der Waals surface area contributed by atoms with E-state index in [0.717, 1.165) is 46.8 Å². The highest BCUT2D eigenvalue weighted by atomic mass is 32.1. The van der Waals surface area contributed by atoms with Gasteiger partial charge < -0.3 is 5.73 Å². The van der Waals surface area contributed by atoms with E-state index in [9.17, 15) is 4.79 Å². The number of rotatable bonds is 4. The van der Waals surface area contributed by atoms with E-state index in [1.54, 1.807) is 18.3 Å². The highest BCUT2D eigenvalue weighted by molar-refractivity contribution is 7.48. The Morgan fingerprint density at radius 2 is 1.76 bits per heavy atom. The van der Waals surface area contributed by atoms with E-state index in [2.05, 4.69) is 56.7 Å². The van der Waals surface area contributed by atoms with Gasteiger partial charge >= 0.3 is 0 Å². The van der Waals surface area contributed by atoms with Crippen molar-refractivity contribution in [2.45, 2.75) is 48.0 Å². The van der Waals surface area contributed by atoms with Gasteiger partial charge in [-0.05, 0) is 49.8 Å². The van der Waals surface area contributed by atoms with Crippen LogP contribution in [0.4, 0.5) is 0 Å². The van der Waals surface area contributed by atoms with Crippen LogP contribution in [-0.2, 0) is 11.2 Å². The molecule has 2 N–H and O–H groups in total. The molecule has 3 rings (SSSR count). The highest BCUT2D eigenvalue weighted by Gasteiger charge is 2.19. The summed E-state index contributed by atoms with van der Waals surface area (Å²) in [6.45, 7) is 19.6. The van der Waals surface area contributed by atoms with Crippen LogP contribution in [0.25, 0.3) is 5.70 Å². The summed E-state index contributed by atoms with van der Waals surface area (Å²) in [7, 11) is 1.01. The van der Waals surface area contributed by atoms with Crippen LogP contribution < -0.4 is 5.73 Å². The molecule has 1 aliphatic rings. The molecule has 0 aliphatic carbocycles. The maximum absolute atomic E-state index is 11.5. The molecule has 1 aliphatic heterocycles. The summed E-state index contributed by atoms with van der Waals surface area (Å²) in [6.07, 6.45) is 3.07. The van der Waals surface area contributed by atoms with Crippen LogP contribution in [0, 0.1) is 13.8 Å². The van der Waals surface area contributed by atoms with Crippen LogP contribution >= 0.6 is 19.5 Å². The lowest BCUT2D eigenvalue weighted by molar-refractivity contribution is -0.113. The molecule has 0 radical (unpaired) electrons. The van der Waals surface area contributed by atoms with Crippen molar-refractivity contribution < 1.29 is 4.79 Å². The van der Waals surface area contributed by atoms with E-state index < -0.39 is 0 Å². The molecule has 2 heterocycles. The number of allylic oxidation sites excluding steroid dienone is 3. The summed E-state index contributed by atoms with van der Waals surface area (Å²) in [5.74, 6) is 0.0684. The Morgan fingerprint density at radius 1 is 1.17 bits per heavy atom. The van der Waals surface area contributed by atoms with Gasteiger partial charge in [-0.3, -0.25) is 4.79 Å². The third-order valence-corrected chi connectivity index (χ3v) is 6.64. The Bertz CT molecular complexity index is 946. The molecule has 2 aromatic rings. The van der Waals surface area contributed by atoms with E-state index in [0.29, 0.717) is 5.70 Å². The van der Waals surface area contributed by atoms with Gasteiger partial charge in [-0.1, -0.05) is 72.0 Å². The lowest BCUT2D eigenvalue weighted by Crippen LogP contribution is -1.98. The Balaban J connectivity index is 0.000000321. The number of carbonyl (C=O) groups excluding carboxylic acids is 1. The predicted molar refractivity (Wildman–Crippen MR) is 133 cm³/mol. The molecule has 1 aromatic carbocycles.